The highest BCUT2D eigenvalue weighted by Gasteiger charge is 2.32. The minimum Gasteiger partial charge on any atom is -0.393 e. The van der Waals surface area contributed by atoms with Crippen molar-refractivity contribution in [1.82, 2.24) is 10.2 Å². The third kappa shape index (κ3) is 4.20. The molecule has 19 heavy (non-hydrogen) atoms. The summed E-state index contributed by atoms with van der Waals surface area (Å²) < 4.78 is 0. The molecule has 0 saturated carbocycles. The van der Waals surface area contributed by atoms with Crippen molar-refractivity contribution in [3.05, 3.63) is 0 Å². The van der Waals surface area contributed by atoms with Gasteiger partial charge in [0.05, 0.1) is 6.10 Å². The Morgan fingerprint density at radius 1 is 1.32 bits per heavy atom. The van der Waals surface area contributed by atoms with Crippen molar-refractivity contribution in [2.75, 3.05) is 13.1 Å². The first-order chi connectivity index (χ1) is 8.62. The predicted octanol–water partition coefficient (Wildman–Crippen LogP) is 0.767. The zero-order chi connectivity index (χ0) is 14.8. The maximum atomic E-state index is 12.2. The molecule has 0 radical (unpaired) electrons. The lowest BCUT2D eigenvalue weighted by Crippen LogP contribution is -2.49. The van der Waals surface area contributed by atoms with E-state index >= 15 is 0 Å². The molecule has 1 aliphatic heterocycles. The van der Waals surface area contributed by atoms with Crippen LogP contribution in [0.1, 0.15) is 41.0 Å². The van der Waals surface area contributed by atoms with Gasteiger partial charge in [0.2, 0.25) is 11.8 Å². The van der Waals surface area contributed by atoms with Crippen LogP contribution >= 0.6 is 0 Å². The lowest BCUT2D eigenvalue weighted by atomic mass is 9.95. The first-order valence-electron chi connectivity index (χ1n) is 6.90. The number of nitrogens with zero attached hydrogens (tertiary/aromatic N) is 1. The van der Waals surface area contributed by atoms with Crippen LogP contribution in [0.4, 0.5) is 0 Å². The fourth-order valence-electron chi connectivity index (χ4n) is 2.13. The summed E-state index contributed by atoms with van der Waals surface area (Å²) >= 11 is 0. The van der Waals surface area contributed by atoms with E-state index in [0.29, 0.717) is 13.1 Å². The average Bonchev–Trinajstić information content (AvgIpc) is 2.75. The number of nitrogens with one attached hydrogen (secondary N) is 1. The van der Waals surface area contributed by atoms with Crippen LogP contribution in [0.15, 0.2) is 0 Å². The Hall–Kier alpha value is -1.10. The van der Waals surface area contributed by atoms with E-state index in [2.05, 4.69) is 5.32 Å². The fraction of sp³-hybridized carbons (Fsp3) is 0.857. The van der Waals surface area contributed by atoms with Crippen molar-refractivity contribution >= 4 is 11.8 Å². The van der Waals surface area contributed by atoms with Gasteiger partial charge in [-0.25, -0.2) is 0 Å². The number of amides is 2. The Kier molecular flexibility index (Phi) is 4.96. The quantitative estimate of drug-likeness (QED) is 0.795. The summed E-state index contributed by atoms with van der Waals surface area (Å²) in [5.74, 6) is -0.0464. The fourth-order valence-corrected chi connectivity index (χ4v) is 2.13. The van der Waals surface area contributed by atoms with Crippen LogP contribution < -0.4 is 5.32 Å². The summed E-state index contributed by atoms with van der Waals surface area (Å²) in [6.07, 6.45) is 0.431. The van der Waals surface area contributed by atoms with Gasteiger partial charge in [-0.3, -0.25) is 9.59 Å². The molecule has 1 rings (SSSR count). The van der Waals surface area contributed by atoms with E-state index in [1.54, 1.807) is 18.7 Å². The third-order valence-corrected chi connectivity index (χ3v) is 3.62. The number of hydrogen-bond acceptors (Lipinski definition) is 3. The normalized spacial score (nSPS) is 23.1. The highest BCUT2D eigenvalue weighted by atomic mass is 16.3. The van der Waals surface area contributed by atoms with Crippen LogP contribution in [0, 0.1) is 11.3 Å². The molecule has 5 heteroatoms. The maximum Gasteiger partial charge on any atom is 0.244 e. The van der Waals surface area contributed by atoms with Gasteiger partial charge in [0.25, 0.3) is 0 Å². The van der Waals surface area contributed by atoms with Crippen LogP contribution in [0.25, 0.3) is 0 Å². The second-order valence-corrected chi connectivity index (χ2v) is 6.52. The van der Waals surface area contributed by atoms with Crippen LogP contribution in [0.3, 0.4) is 0 Å². The Morgan fingerprint density at radius 3 is 2.32 bits per heavy atom. The second kappa shape index (κ2) is 5.90. The molecule has 1 heterocycles. The van der Waals surface area contributed by atoms with E-state index in [1.807, 2.05) is 20.8 Å². The van der Waals surface area contributed by atoms with Crippen molar-refractivity contribution in [3.8, 4) is 0 Å². The van der Waals surface area contributed by atoms with Crippen molar-refractivity contribution < 1.29 is 14.7 Å². The van der Waals surface area contributed by atoms with Gasteiger partial charge >= 0.3 is 0 Å². The Morgan fingerprint density at radius 2 is 1.89 bits per heavy atom. The zero-order valence-electron chi connectivity index (χ0n) is 12.6. The molecule has 2 amide bonds. The molecule has 3 atom stereocenters. The smallest absolute Gasteiger partial charge is 0.244 e. The molecule has 0 aromatic rings. The van der Waals surface area contributed by atoms with Gasteiger partial charge in [0.1, 0.15) is 6.04 Å². The summed E-state index contributed by atoms with van der Waals surface area (Å²) in [4.78, 5) is 25.8. The Bertz CT molecular complexity index is 347. The summed E-state index contributed by atoms with van der Waals surface area (Å²) in [6.45, 7) is 10.2. The third-order valence-electron chi connectivity index (χ3n) is 3.62. The number of carbonyl (C=O) groups excluding carboxylic acids is 2. The molecule has 0 aromatic carbocycles. The van der Waals surface area contributed by atoms with Crippen LogP contribution in [-0.4, -0.2) is 47.1 Å². The molecule has 1 aliphatic rings. The zero-order valence-corrected chi connectivity index (χ0v) is 12.6. The van der Waals surface area contributed by atoms with Gasteiger partial charge in [-0.05, 0) is 20.3 Å². The highest BCUT2D eigenvalue weighted by molar-refractivity contribution is 5.89. The van der Waals surface area contributed by atoms with Crippen LogP contribution in [-0.2, 0) is 9.59 Å². The minimum atomic E-state index is -0.514. The standard InChI is InChI=1S/C14H26N2O3/c1-9(15-13(19)14(3,4)5)12(18)16-7-6-11(8-16)10(2)17/h9-11,17H,6-8H2,1-5H3,(H,15,19). The molecule has 1 saturated heterocycles. The molecular formula is C14H26N2O3. The SMILES string of the molecule is CC(NC(=O)C(C)(C)C)C(=O)N1CCC(C(C)O)C1. The molecule has 0 aromatic heterocycles. The van der Waals surface area contributed by atoms with Gasteiger partial charge in [0, 0.05) is 24.4 Å². The maximum absolute atomic E-state index is 12.2. The van der Waals surface area contributed by atoms with Gasteiger partial charge in [-0.1, -0.05) is 20.8 Å². The van der Waals surface area contributed by atoms with Crippen molar-refractivity contribution in [2.24, 2.45) is 11.3 Å². The van der Waals surface area contributed by atoms with E-state index in [1.165, 1.54) is 0 Å². The molecule has 0 bridgehead atoms. The number of carbonyl (C=O) groups is 2. The Balaban J connectivity index is 2.52. The molecule has 0 aliphatic carbocycles. The van der Waals surface area contributed by atoms with Crippen molar-refractivity contribution in [1.29, 1.82) is 0 Å². The van der Waals surface area contributed by atoms with Gasteiger partial charge in [-0.15, -0.1) is 0 Å². The summed E-state index contributed by atoms with van der Waals surface area (Å²) in [5, 5.41) is 12.3. The van der Waals surface area contributed by atoms with Gasteiger partial charge in [0.15, 0.2) is 0 Å². The molecule has 5 nitrogen and oxygen atoms in total. The van der Waals surface area contributed by atoms with E-state index in [0.717, 1.165) is 6.42 Å². The van der Waals surface area contributed by atoms with Crippen molar-refractivity contribution in [3.63, 3.8) is 0 Å². The van der Waals surface area contributed by atoms with E-state index < -0.39 is 17.6 Å². The predicted molar refractivity (Wildman–Crippen MR) is 73.4 cm³/mol. The van der Waals surface area contributed by atoms with Crippen LogP contribution in [0.2, 0.25) is 0 Å². The minimum absolute atomic E-state index is 0.0687. The molecule has 3 unspecified atom stereocenters. The summed E-state index contributed by atoms with van der Waals surface area (Å²) in [5.41, 5.74) is -0.498. The Labute approximate surface area is 115 Å². The lowest BCUT2D eigenvalue weighted by molar-refractivity contribution is -0.137. The summed E-state index contributed by atoms with van der Waals surface area (Å²) in [7, 11) is 0. The molecular weight excluding hydrogens is 244 g/mol. The van der Waals surface area contributed by atoms with E-state index in [9.17, 15) is 14.7 Å². The number of likely N-dealkylation sites (tertiary alicyclic amines) is 1. The van der Waals surface area contributed by atoms with Crippen LogP contribution in [0.5, 0.6) is 0 Å². The topological polar surface area (TPSA) is 69.6 Å². The summed E-state index contributed by atoms with van der Waals surface area (Å²) in [6, 6.07) is -0.514. The number of rotatable bonds is 3. The molecule has 2 N–H and O–H groups in total. The van der Waals surface area contributed by atoms with E-state index in [4.69, 9.17) is 0 Å². The lowest BCUT2D eigenvalue weighted by Gasteiger charge is -2.25. The first kappa shape index (κ1) is 16.0. The van der Waals surface area contributed by atoms with E-state index in [-0.39, 0.29) is 17.7 Å². The number of aliphatic hydroxyl groups is 1. The number of hydrogen-bond donors (Lipinski definition) is 2. The highest BCUT2D eigenvalue weighted by Crippen LogP contribution is 2.20. The molecule has 0 spiro atoms. The average molecular weight is 270 g/mol. The molecule has 110 valence electrons. The largest absolute Gasteiger partial charge is 0.393 e. The monoisotopic (exact) mass is 270 g/mol. The second-order valence-electron chi connectivity index (χ2n) is 6.52. The molecule has 1 fully saturated rings. The van der Waals surface area contributed by atoms with Crippen molar-refractivity contribution in [2.45, 2.75) is 53.2 Å². The van der Waals surface area contributed by atoms with Gasteiger partial charge < -0.3 is 15.3 Å². The number of aliphatic hydroxyl groups excluding tert-OH is 1. The van der Waals surface area contributed by atoms with Gasteiger partial charge in [-0.2, -0.15) is 0 Å². The first-order valence-corrected chi connectivity index (χ1v) is 6.90.